The van der Waals surface area contributed by atoms with Crippen molar-refractivity contribution in [1.29, 1.82) is 0 Å². The number of nitrogens with one attached hydrogen (secondary N) is 8. The van der Waals surface area contributed by atoms with Crippen LogP contribution in [0.3, 0.4) is 0 Å². The second kappa shape index (κ2) is 25.0. The first-order valence-corrected chi connectivity index (χ1v) is 28.9. The molecule has 10 unspecified atom stereocenters. The summed E-state index contributed by atoms with van der Waals surface area (Å²) < 4.78 is 0. The van der Waals surface area contributed by atoms with Crippen molar-refractivity contribution in [1.82, 2.24) is 52.3 Å². The lowest BCUT2D eigenvalue weighted by Gasteiger charge is -2.41. The molecule has 8 N–H and O–H groups in total. The molecule has 434 valence electrons. The minimum atomic E-state index is -1.01. The highest BCUT2D eigenvalue weighted by atomic mass is 16.2. The first-order chi connectivity index (χ1) is 37.8. The number of fused-ring (bicyclic) bond motifs is 2. The first-order valence-electron chi connectivity index (χ1n) is 28.9. The fourth-order valence-corrected chi connectivity index (χ4v) is 12.3. The Morgan fingerprint density at radius 3 is 1.29 bits per heavy atom. The van der Waals surface area contributed by atoms with E-state index in [9.17, 15) is 38.4 Å². The predicted octanol–water partition coefficient (Wildman–Crippen LogP) is 4.88. The van der Waals surface area contributed by atoms with Gasteiger partial charge in [0.15, 0.2) is 0 Å². The number of hydrogen-bond donors (Lipinski definition) is 8. The van der Waals surface area contributed by atoms with Gasteiger partial charge in [-0.3, -0.25) is 38.4 Å². The number of carbonyl (C=O) groups is 8. The Kier molecular flexibility index (Phi) is 19.1. The van der Waals surface area contributed by atoms with Gasteiger partial charge in [-0.15, -0.1) is 0 Å². The molecule has 3 aromatic carbocycles. The molecule has 3 aromatic rings. The highest BCUT2D eigenvalue weighted by molar-refractivity contribution is 6.01. The van der Waals surface area contributed by atoms with Gasteiger partial charge >= 0.3 is 0 Å². The molecule has 0 spiro atoms. The molecule has 8 amide bonds. The maximum Gasteiger partial charge on any atom is 0.251 e. The Labute approximate surface area is 473 Å². The summed E-state index contributed by atoms with van der Waals surface area (Å²) >= 11 is 0. The second-order valence-electron chi connectivity index (χ2n) is 24.9. The summed E-state index contributed by atoms with van der Waals surface area (Å²) in [5, 5.41) is 24.6. The Hall–Kier alpha value is -6.66. The maximum absolute atomic E-state index is 14.9. The number of carbonyl (C=O) groups excluding carboxylic acids is 8. The monoisotopic (exact) mass is 1100 g/mol. The highest BCUT2D eigenvalue weighted by Gasteiger charge is 2.50. The van der Waals surface area contributed by atoms with E-state index >= 15 is 0 Å². The average Bonchev–Trinajstić information content (AvgIpc) is 4.10. The molecular weight excluding hydrogens is 1010 g/mol. The van der Waals surface area contributed by atoms with Crippen LogP contribution in [-0.4, -0.2) is 133 Å². The topological polar surface area (TPSA) is 239 Å². The Bertz CT molecular complexity index is 2620. The molecule has 18 heteroatoms. The van der Waals surface area contributed by atoms with E-state index in [0.717, 1.165) is 49.7 Å². The molecule has 10 atom stereocenters. The first kappa shape index (κ1) is 61.0. The van der Waals surface area contributed by atoms with Crippen molar-refractivity contribution < 1.29 is 38.4 Å². The molecular formula is C62H88N10O8. The molecule has 7 rings (SSSR count). The number of nitrogens with zero attached hydrogens (tertiary/aromatic N) is 2. The third kappa shape index (κ3) is 13.2. The molecule has 0 bridgehead atoms. The van der Waals surface area contributed by atoms with Crippen LogP contribution in [-0.2, 0) is 52.7 Å². The van der Waals surface area contributed by atoms with Gasteiger partial charge < -0.3 is 52.3 Å². The average molecular weight is 1100 g/mol. The molecule has 2 fully saturated rings. The van der Waals surface area contributed by atoms with Gasteiger partial charge in [0.1, 0.15) is 24.2 Å². The third-order valence-corrected chi connectivity index (χ3v) is 17.4. The summed E-state index contributed by atoms with van der Waals surface area (Å²) in [5.41, 5.74) is 1.91. The molecule has 18 nitrogen and oxygen atoms in total. The SMILES string of the molecule is CCC1(NC(=O)C2CC(NC(=O)c3cccc(C(=O)NC4CC(C(=O)NC5(CC)CCCc6ccccc65)N(C(=O)C(NC(=O)C(C)NC)C(C)(C)C)C4)c3)CN2C(=O)C(NC(=O)C(C)NC)C(C)(C)C)CCCc2ccccc21. The second-order valence-corrected chi connectivity index (χ2v) is 24.9. The number of likely N-dealkylation sites (N-methyl/N-ethyl adjacent to an activating group) is 2. The Balaban J connectivity index is 1.12. The number of hydrogen-bond acceptors (Lipinski definition) is 10. The molecule has 4 aliphatic rings. The van der Waals surface area contributed by atoms with Crippen molar-refractivity contribution in [2.24, 2.45) is 10.8 Å². The van der Waals surface area contributed by atoms with Crippen LogP contribution >= 0.6 is 0 Å². The minimum absolute atomic E-state index is 0.0195. The van der Waals surface area contributed by atoms with Crippen molar-refractivity contribution in [2.75, 3.05) is 27.2 Å². The van der Waals surface area contributed by atoms with Gasteiger partial charge in [-0.05, 0) is 143 Å². The number of amides is 8. The molecule has 2 heterocycles. The van der Waals surface area contributed by atoms with Crippen LogP contribution in [0, 0.1) is 10.8 Å². The van der Waals surface area contributed by atoms with Crippen molar-refractivity contribution in [3.05, 3.63) is 106 Å². The number of benzene rings is 3. The predicted molar refractivity (Wildman–Crippen MR) is 308 cm³/mol. The van der Waals surface area contributed by atoms with Crippen molar-refractivity contribution in [3.63, 3.8) is 0 Å². The molecule has 2 saturated heterocycles. The van der Waals surface area contributed by atoms with E-state index in [1.165, 1.54) is 27.0 Å². The third-order valence-electron chi connectivity index (χ3n) is 17.4. The van der Waals surface area contributed by atoms with Crippen molar-refractivity contribution >= 4 is 47.3 Å². The lowest BCUT2D eigenvalue weighted by atomic mass is 9.74. The van der Waals surface area contributed by atoms with Gasteiger partial charge in [0.25, 0.3) is 11.8 Å². The van der Waals surface area contributed by atoms with Crippen LogP contribution in [0.1, 0.15) is 164 Å². The van der Waals surface area contributed by atoms with Gasteiger partial charge in [-0.2, -0.15) is 0 Å². The summed E-state index contributed by atoms with van der Waals surface area (Å²) in [5.74, 6) is -3.40. The van der Waals surface area contributed by atoms with Crippen LogP contribution in [0.5, 0.6) is 0 Å². The smallest absolute Gasteiger partial charge is 0.251 e. The maximum atomic E-state index is 14.9. The lowest BCUT2D eigenvalue weighted by molar-refractivity contribution is -0.144. The van der Waals surface area contributed by atoms with Crippen LogP contribution in [0.2, 0.25) is 0 Å². The van der Waals surface area contributed by atoms with Gasteiger partial charge in [0.05, 0.1) is 23.2 Å². The molecule has 2 aliphatic heterocycles. The van der Waals surface area contributed by atoms with E-state index in [0.29, 0.717) is 12.8 Å². The van der Waals surface area contributed by atoms with E-state index in [-0.39, 0.29) is 60.7 Å². The lowest BCUT2D eigenvalue weighted by Crippen LogP contribution is -2.60. The zero-order valence-electron chi connectivity index (χ0n) is 49.2. The van der Waals surface area contributed by atoms with E-state index in [4.69, 9.17) is 0 Å². The number of aryl methyl sites for hydroxylation is 2. The van der Waals surface area contributed by atoms with E-state index in [2.05, 4.69) is 66.8 Å². The molecule has 0 radical (unpaired) electrons. The van der Waals surface area contributed by atoms with Gasteiger partial charge in [-0.1, -0.05) is 110 Å². The van der Waals surface area contributed by atoms with Crippen LogP contribution in [0.4, 0.5) is 0 Å². The zero-order chi connectivity index (χ0) is 58.5. The highest BCUT2D eigenvalue weighted by Crippen LogP contribution is 2.40. The van der Waals surface area contributed by atoms with E-state index in [1.54, 1.807) is 46.1 Å². The quantitative estimate of drug-likeness (QED) is 0.0860. The summed E-state index contributed by atoms with van der Waals surface area (Å²) in [7, 11) is 3.31. The van der Waals surface area contributed by atoms with Gasteiger partial charge in [0.2, 0.25) is 35.4 Å². The molecule has 2 aliphatic carbocycles. The van der Waals surface area contributed by atoms with E-state index < -0.39 is 93.9 Å². The Morgan fingerprint density at radius 1 is 0.562 bits per heavy atom. The molecule has 0 aromatic heterocycles. The van der Waals surface area contributed by atoms with Crippen LogP contribution in [0.15, 0.2) is 72.8 Å². The molecule has 80 heavy (non-hydrogen) atoms. The minimum Gasteiger partial charge on any atom is -0.347 e. The molecule has 0 saturated carbocycles. The summed E-state index contributed by atoms with van der Waals surface area (Å²) in [6, 6.07) is 15.9. The normalized spacial score (nSPS) is 24.2. The fraction of sp³-hybridized carbons (Fsp3) is 0.581. The summed E-state index contributed by atoms with van der Waals surface area (Å²) in [6.07, 6.45) is 6.40. The Morgan fingerprint density at radius 2 is 0.938 bits per heavy atom. The van der Waals surface area contributed by atoms with Crippen molar-refractivity contribution in [2.45, 2.75) is 193 Å². The van der Waals surface area contributed by atoms with Gasteiger partial charge in [0, 0.05) is 36.3 Å². The van der Waals surface area contributed by atoms with Crippen LogP contribution in [0.25, 0.3) is 0 Å². The standard InChI is InChI=1S/C62H88N10O8/c1-13-61(30-20-26-39-22-15-17-28-45(39)61)69-55(77)47-33-43(35-71(47)57(79)49(59(5,6)7)67-51(73)37(3)63-11)65-53(75)41-24-19-25-42(32-41)54(76)66-44-34-48(56(78)70-62(14-2)31-21-27-40-23-16-18-29-46(40)62)72(36-44)58(80)50(60(8,9)10)68-52(74)38(4)64-12/h15-19,22-25,28-29,32,37-38,43-44,47-50,63-64H,13-14,20-21,26-27,30-31,33-36H2,1-12H3,(H,65,75)(H,66,76)(H,67,73)(H,68,74)(H,69,77)(H,70,78). The van der Waals surface area contributed by atoms with Gasteiger partial charge in [-0.25, -0.2) is 0 Å². The summed E-state index contributed by atoms with van der Waals surface area (Å²) in [6.45, 7) is 18.6. The zero-order valence-corrected chi connectivity index (χ0v) is 49.2. The fourth-order valence-electron chi connectivity index (χ4n) is 12.3. The van der Waals surface area contributed by atoms with Crippen LogP contribution < -0.4 is 42.5 Å². The van der Waals surface area contributed by atoms with Crippen molar-refractivity contribution in [3.8, 4) is 0 Å². The number of likely N-dealkylation sites (tertiary alicyclic amines) is 2. The van der Waals surface area contributed by atoms with E-state index in [1.807, 2.05) is 79.7 Å². The summed E-state index contributed by atoms with van der Waals surface area (Å²) in [4.78, 5) is 118. The number of rotatable bonds is 18. The largest absolute Gasteiger partial charge is 0.347 e.